The molecule has 0 unspecified atom stereocenters. The summed E-state index contributed by atoms with van der Waals surface area (Å²) in [6.45, 7) is 6.17. The van der Waals surface area contributed by atoms with Crippen LogP contribution in [0, 0.1) is 6.92 Å². The number of hydrogen-bond donors (Lipinski definition) is 2. The topological polar surface area (TPSA) is 83.8 Å². The predicted octanol–water partition coefficient (Wildman–Crippen LogP) is 3.56. The van der Waals surface area contributed by atoms with E-state index in [4.69, 9.17) is 4.98 Å². The fourth-order valence-corrected chi connectivity index (χ4v) is 4.58. The fraction of sp³-hybridized carbons (Fsp3) is 0.391. The SMILES string of the molecule is Cc1cc(Nc2ncc3ccc4ncn(C5CCC5)c4c3n2)ncc1N1CCNCC1. The molecule has 3 aromatic heterocycles. The van der Waals surface area contributed by atoms with Crippen molar-refractivity contribution in [3.63, 3.8) is 0 Å². The van der Waals surface area contributed by atoms with E-state index < -0.39 is 0 Å². The molecule has 0 spiro atoms. The smallest absolute Gasteiger partial charge is 0.228 e. The van der Waals surface area contributed by atoms with Crippen LogP contribution >= 0.6 is 0 Å². The number of aryl methyl sites for hydroxylation is 1. The second kappa shape index (κ2) is 7.46. The van der Waals surface area contributed by atoms with Gasteiger partial charge in [0.25, 0.3) is 0 Å². The van der Waals surface area contributed by atoms with E-state index in [-0.39, 0.29) is 0 Å². The third kappa shape index (κ3) is 3.27. The monoisotopic (exact) mass is 414 g/mol. The van der Waals surface area contributed by atoms with Gasteiger partial charge in [-0.05, 0) is 49.9 Å². The number of anilines is 3. The molecule has 1 aliphatic heterocycles. The summed E-state index contributed by atoms with van der Waals surface area (Å²) in [7, 11) is 0. The zero-order chi connectivity index (χ0) is 20.8. The average molecular weight is 415 g/mol. The minimum atomic E-state index is 0.531. The van der Waals surface area contributed by atoms with Gasteiger partial charge in [-0.3, -0.25) is 0 Å². The van der Waals surface area contributed by atoms with Crippen LogP contribution in [0.4, 0.5) is 17.5 Å². The maximum absolute atomic E-state index is 4.87. The van der Waals surface area contributed by atoms with Gasteiger partial charge in [0.05, 0.1) is 29.2 Å². The fourth-order valence-electron chi connectivity index (χ4n) is 4.58. The molecule has 1 saturated heterocycles. The maximum Gasteiger partial charge on any atom is 0.228 e. The van der Waals surface area contributed by atoms with Gasteiger partial charge in [0.1, 0.15) is 11.3 Å². The summed E-state index contributed by atoms with van der Waals surface area (Å²) in [6, 6.07) is 6.71. The normalized spacial score (nSPS) is 17.3. The lowest BCUT2D eigenvalue weighted by Crippen LogP contribution is -2.43. The summed E-state index contributed by atoms with van der Waals surface area (Å²) in [6.07, 6.45) is 9.49. The summed E-state index contributed by atoms with van der Waals surface area (Å²) < 4.78 is 2.29. The molecule has 2 fully saturated rings. The van der Waals surface area contributed by atoms with Gasteiger partial charge in [0.15, 0.2) is 0 Å². The molecule has 1 aliphatic carbocycles. The number of nitrogens with zero attached hydrogens (tertiary/aromatic N) is 6. The molecule has 31 heavy (non-hydrogen) atoms. The quantitative estimate of drug-likeness (QED) is 0.528. The zero-order valence-electron chi connectivity index (χ0n) is 17.7. The minimum Gasteiger partial charge on any atom is -0.368 e. The molecule has 1 aromatic carbocycles. The van der Waals surface area contributed by atoms with Crippen molar-refractivity contribution in [2.24, 2.45) is 0 Å². The number of fused-ring (bicyclic) bond motifs is 3. The van der Waals surface area contributed by atoms with E-state index in [0.717, 1.165) is 53.9 Å². The van der Waals surface area contributed by atoms with Crippen molar-refractivity contribution in [3.8, 4) is 0 Å². The third-order valence-corrected chi connectivity index (χ3v) is 6.53. The van der Waals surface area contributed by atoms with E-state index in [0.29, 0.717) is 12.0 Å². The van der Waals surface area contributed by atoms with Crippen molar-refractivity contribution >= 4 is 39.4 Å². The molecular formula is C23H26N8. The Morgan fingerprint density at radius 1 is 1.06 bits per heavy atom. The first-order valence-corrected chi connectivity index (χ1v) is 11.1. The number of pyridine rings is 1. The molecule has 6 rings (SSSR count). The van der Waals surface area contributed by atoms with E-state index >= 15 is 0 Å². The molecule has 0 amide bonds. The summed E-state index contributed by atoms with van der Waals surface area (Å²) >= 11 is 0. The lowest BCUT2D eigenvalue weighted by molar-refractivity contribution is 0.320. The van der Waals surface area contributed by atoms with E-state index in [9.17, 15) is 0 Å². The first kappa shape index (κ1) is 18.5. The highest BCUT2D eigenvalue weighted by Gasteiger charge is 2.22. The van der Waals surface area contributed by atoms with Crippen LogP contribution in [0.15, 0.2) is 36.9 Å². The molecular weight excluding hydrogens is 388 g/mol. The Hall–Kier alpha value is -3.26. The number of nitrogens with one attached hydrogen (secondary N) is 2. The highest BCUT2D eigenvalue weighted by molar-refractivity contribution is 6.02. The van der Waals surface area contributed by atoms with Crippen LogP contribution in [0.3, 0.4) is 0 Å². The predicted molar refractivity (Wildman–Crippen MR) is 123 cm³/mol. The molecule has 0 bridgehead atoms. The Balaban J connectivity index is 1.33. The highest BCUT2D eigenvalue weighted by atomic mass is 15.2. The van der Waals surface area contributed by atoms with Crippen LogP contribution in [0.2, 0.25) is 0 Å². The Kier molecular flexibility index (Phi) is 4.45. The highest BCUT2D eigenvalue weighted by Crippen LogP contribution is 2.36. The second-order valence-corrected chi connectivity index (χ2v) is 8.52. The molecule has 2 N–H and O–H groups in total. The Morgan fingerprint density at radius 2 is 1.94 bits per heavy atom. The molecule has 1 saturated carbocycles. The van der Waals surface area contributed by atoms with Crippen molar-refractivity contribution in [1.82, 2.24) is 29.8 Å². The molecule has 0 atom stereocenters. The average Bonchev–Trinajstić information content (AvgIpc) is 3.17. The van der Waals surface area contributed by atoms with Crippen LogP contribution in [0.25, 0.3) is 21.9 Å². The van der Waals surface area contributed by atoms with Gasteiger partial charge in [-0.1, -0.05) is 0 Å². The van der Waals surface area contributed by atoms with Crippen LogP contribution < -0.4 is 15.5 Å². The molecule has 2 aliphatic rings. The van der Waals surface area contributed by atoms with Gasteiger partial charge in [-0.2, -0.15) is 0 Å². The first-order chi connectivity index (χ1) is 15.3. The number of hydrogen-bond acceptors (Lipinski definition) is 7. The lowest BCUT2D eigenvalue weighted by Gasteiger charge is -2.30. The summed E-state index contributed by atoms with van der Waals surface area (Å²) in [5, 5.41) is 7.73. The van der Waals surface area contributed by atoms with Gasteiger partial charge >= 0.3 is 0 Å². The van der Waals surface area contributed by atoms with Gasteiger partial charge < -0.3 is 20.1 Å². The summed E-state index contributed by atoms with van der Waals surface area (Å²) in [4.78, 5) is 21.0. The van der Waals surface area contributed by atoms with Crippen LogP contribution in [-0.2, 0) is 0 Å². The number of rotatable bonds is 4. The Labute approximate surface area is 180 Å². The van der Waals surface area contributed by atoms with Gasteiger partial charge in [0.2, 0.25) is 5.95 Å². The summed E-state index contributed by atoms with van der Waals surface area (Å²) in [5.74, 6) is 1.32. The van der Waals surface area contributed by atoms with Gasteiger partial charge in [-0.15, -0.1) is 0 Å². The molecule has 8 heteroatoms. The largest absolute Gasteiger partial charge is 0.368 e. The third-order valence-electron chi connectivity index (χ3n) is 6.53. The standard InChI is InChI=1S/C23H26N8/c1-15-11-20(25-13-19(15)30-9-7-24-8-10-30)28-23-26-12-16-5-6-18-22(21(16)29-23)31(14-27-18)17-3-2-4-17/h5-6,11-14,17,24H,2-4,7-10H2,1H3,(H,25,26,28,29). The van der Waals surface area contributed by atoms with Gasteiger partial charge in [-0.25, -0.2) is 19.9 Å². The minimum absolute atomic E-state index is 0.531. The second-order valence-electron chi connectivity index (χ2n) is 8.52. The molecule has 158 valence electrons. The van der Waals surface area contributed by atoms with Crippen LogP contribution in [0.1, 0.15) is 30.9 Å². The molecule has 0 radical (unpaired) electrons. The van der Waals surface area contributed by atoms with Gasteiger partial charge in [0, 0.05) is 43.8 Å². The number of imidazole rings is 1. The van der Waals surface area contributed by atoms with Crippen molar-refractivity contribution in [1.29, 1.82) is 0 Å². The zero-order valence-corrected chi connectivity index (χ0v) is 17.7. The lowest BCUT2D eigenvalue weighted by atomic mass is 9.93. The molecule has 4 aromatic rings. The summed E-state index contributed by atoms with van der Waals surface area (Å²) in [5.41, 5.74) is 5.42. The number of benzene rings is 1. The Morgan fingerprint density at radius 3 is 2.71 bits per heavy atom. The van der Waals surface area contributed by atoms with E-state index in [1.807, 2.05) is 24.8 Å². The maximum atomic E-state index is 4.87. The van der Waals surface area contributed by atoms with E-state index in [1.165, 1.54) is 30.5 Å². The van der Waals surface area contributed by atoms with Crippen molar-refractivity contribution < 1.29 is 0 Å². The molecule has 4 heterocycles. The van der Waals surface area contributed by atoms with Crippen LogP contribution in [-0.4, -0.2) is 50.7 Å². The Bertz CT molecular complexity index is 1250. The number of aromatic nitrogens is 5. The first-order valence-electron chi connectivity index (χ1n) is 11.1. The molecule has 8 nitrogen and oxygen atoms in total. The van der Waals surface area contributed by atoms with E-state index in [1.54, 1.807) is 0 Å². The van der Waals surface area contributed by atoms with Crippen molar-refractivity contribution in [2.45, 2.75) is 32.2 Å². The number of piperazine rings is 1. The van der Waals surface area contributed by atoms with Crippen molar-refractivity contribution in [2.75, 3.05) is 36.4 Å². The van der Waals surface area contributed by atoms with E-state index in [2.05, 4.69) is 54.1 Å². The van der Waals surface area contributed by atoms with Crippen molar-refractivity contribution in [3.05, 3.63) is 42.5 Å². The van der Waals surface area contributed by atoms with Crippen LogP contribution in [0.5, 0.6) is 0 Å².